The Balaban J connectivity index is 2.32. The van der Waals surface area contributed by atoms with Gasteiger partial charge in [-0.15, -0.1) is 0 Å². The van der Waals surface area contributed by atoms with Crippen LogP contribution in [0.5, 0.6) is 0 Å². The molecule has 0 aliphatic carbocycles. The van der Waals surface area contributed by atoms with Crippen LogP contribution in [0.1, 0.15) is 10.4 Å². The SMILES string of the molecule is COC(=O)c1cc(Sc2ccc(F)cc2F)ncc1N. The Morgan fingerprint density at radius 2 is 2.10 bits per heavy atom. The zero-order valence-electron chi connectivity index (χ0n) is 10.4. The van der Waals surface area contributed by atoms with Crippen LogP contribution in [0.2, 0.25) is 0 Å². The molecule has 0 saturated carbocycles. The van der Waals surface area contributed by atoms with Gasteiger partial charge in [-0.05, 0) is 18.2 Å². The smallest absolute Gasteiger partial charge is 0.340 e. The number of nitrogens with two attached hydrogens (primary N) is 1. The molecule has 1 aromatic carbocycles. The number of methoxy groups -OCH3 is 1. The van der Waals surface area contributed by atoms with Crippen molar-refractivity contribution in [3.8, 4) is 0 Å². The minimum absolute atomic E-state index is 0.146. The van der Waals surface area contributed by atoms with Gasteiger partial charge in [0.1, 0.15) is 16.7 Å². The quantitative estimate of drug-likeness (QED) is 0.882. The number of nitrogen functional groups attached to an aromatic ring is 1. The van der Waals surface area contributed by atoms with Crippen molar-refractivity contribution in [1.29, 1.82) is 0 Å². The maximum absolute atomic E-state index is 13.5. The first-order chi connectivity index (χ1) is 9.51. The predicted molar refractivity (Wildman–Crippen MR) is 70.5 cm³/mol. The summed E-state index contributed by atoms with van der Waals surface area (Å²) in [5.74, 6) is -1.97. The summed E-state index contributed by atoms with van der Waals surface area (Å²) in [4.78, 5) is 15.7. The molecule has 104 valence electrons. The number of benzene rings is 1. The number of carbonyl (C=O) groups is 1. The molecule has 1 heterocycles. The van der Waals surface area contributed by atoms with E-state index in [1.807, 2.05) is 0 Å². The number of nitrogens with zero attached hydrogens (tertiary/aromatic N) is 1. The fraction of sp³-hybridized carbons (Fsp3) is 0.0769. The summed E-state index contributed by atoms with van der Waals surface area (Å²) in [7, 11) is 1.23. The molecule has 0 aliphatic heterocycles. The standard InChI is InChI=1S/C13H10F2N2O2S/c1-19-13(18)8-5-12(17-6-10(8)16)20-11-3-2-7(14)4-9(11)15/h2-6H,16H2,1H3. The Hall–Kier alpha value is -2.15. The lowest BCUT2D eigenvalue weighted by Gasteiger charge is -2.06. The second kappa shape index (κ2) is 5.87. The summed E-state index contributed by atoms with van der Waals surface area (Å²) < 4.78 is 30.9. The van der Waals surface area contributed by atoms with E-state index in [2.05, 4.69) is 9.72 Å². The van der Waals surface area contributed by atoms with Gasteiger partial charge in [0.2, 0.25) is 0 Å². The van der Waals surface area contributed by atoms with Gasteiger partial charge in [0, 0.05) is 11.0 Å². The average Bonchev–Trinajstić information content (AvgIpc) is 2.43. The van der Waals surface area contributed by atoms with Gasteiger partial charge < -0.3 is 10.5 Å². The summed E-state index contributed by atoms with van der Waals surface area (Å²) >= 11 is 0.958. The van der Waals surface area contributed by atoms with Crippen LogP contribution in [-0.4, -0.2) is 18.1 Å². The van der Waals surface area contributed by atoms with Gasteiger partial charge >= 0.3 is 5.97 Å². The summed E-state index contributed by atoms with van der Waals surface area (Å²) in [5.41, 5.74) is 5.93. The third-order valence-electron chi connectivity index (χ3n) is 2.42. The number of halogens is 2. The van der Waals surface area contributed by atoms with Crippen molar-refractivity contribution in [2.45, 2.75) is 9.92 Å². The van der Waals surface area contributed by atoms with Gasteiger partial charge in [-0.1, -0.05) is 11.8 Å². The van der Waals surface area contributed by atoms with E-state index >= 15 is 0 Å². The largest absolute Gasteiger partial charge is 0.465 e. The Bertz CT molecular complexity index is 665. The Morgan fingerprint density at radius 1 is 1.35 bits per heavy atom. The van der Waals surface area contributed by atoms with Gasteiger partial charge in [-0.3, -0.25) is 0 Å². The molecule has 0 spiro atoms. The van der Waals surface area contributed by atoms with Crippen LogP contribution in [0.3, 0.4) is 0 Å². The predicted octanol–water partition coefficient (Wildman–Crippen LogP) is 2.88. The molecule has 4 nitrogen and oxygen atoms in total. The second-order valence-corrected chi connectivity index (χ2v) is 4.84. The van der Waals surface area contributed by atoms with Gasteiger partial charge in [0.25, 0.3) is 0 Å². The first kappa shape index (κ1) is 14.3. The van der Waals surface area contributed by atoms with Gasteiger partial charge in [-0.25, -0.2) is 18.6 Å². The van der Waals surface area contributed by atoms with Crippen LogP contribution in [0.4, 0.5) is 14.5 Å². The normalized spacial score (nSPS) is 10.3. The van der Waals surface area contributed by atoms with Crippen molar-refractivity contribution in [3.63, 3.8) is 0 Å². The molecule has 7 heteroatoms. The molecule has 0 amide bonds. The lowest BCUT2D eigenvalue weighted by atomic mass is 10.2. The molecular weight excluding hydrogens is 286 g/mol. The third-order valence-corrected chi connectivity index (χ3v) is 3.41. The molecule has 20 heavy (non-hydrogen) atoms. The van der Waals surface area contributed by atoms with E-state index < -0.39 is 17.6 Å². The van der Waals surface area contributed by atoms with Crippen molar-refractivity contribution in [1.82, 2.24) is 4.98 Å². The van der Waals surface area contributed by atoms with Crippen molar-refractivity contribution in [3.05, 3.63) is 47.7 Å². The van der Waals surface area contributed by atoms with Gasteiger partial charge in [-0.2, -0.15) is 0 Å². The number of ether oxygens (including phenoxy) is 1. The molecule has 0 radical (unpaired) electrons. The molecule has 0 atom stereocenters. The molecule has 1 aromatic heterocycles. The summed E-state index contributed by atoms with van der Waals surface area (Å²) in [6.07, 6.45) is 1.29. The molecular formula is C13H10F2N2O2S. The van der Waals surface area contributed by atoms with Crippen LogP contribution in [0.25, 0.3) is 0 Å². The van der Waals surface area contributed by atoms with Crippen LogP contribution in [-0.2, 0) is 4.74 Å². The van der Waals surface area contributed by atoms with Crippen molar-refractivity contribution in [2.75, 3.05) is 12.8 Å². The Kier molecular flexibility index (Phi) is 4.19. The van der Waals surface area contributed by atoms with Crippen LogP contribution in [0.15, 0.2) is 40.4 Å². The number of hydrogen-bond acceptors (Lipinski definition) is 5. The number of esters is 1. The fourth-order valence-electron chi connectivity index (χ4n) is 1.46. The molecule has 0 aliphatic rings. The van der Waals surface area contributed by atoms with E-state index in [-0.39, 0.29) is 16.1 Å². The fourth-order valence-corrected chi connectivity index (χ4v) is 2.26. The summed E-state index contributed by atoms with van der Waals surface area (Å²) in [5, 5.41) is 0.352. The highest BCUT2D eigenvalue weighted by Gasteiger charge is 2.13. The number of pyridine rings is 1. The van der Waals surface area contributed by atoms with Crippen molar-refractivity contribution >= 4 is 23.4 Å². The molecule has 0 bridgehead atoms. The van der Waals surface area contributed by atoms with Gasteiger partial charge in [0.05, 0.1) is 24.6 Å². The summed E-state index contributed by atoms with van der Waals surface area (Å²) in [6, 6.07) is 4.62. The summed E-state index contributed by atoms with van der Waals surface area (Å²) in [6.45, 7) is 0. The minimum atomic E-state index is -0.701. The van der Waals surface area contributed by atoms with E-state index in [0.717, 1.165) is 23.9 Å². The lowest BCUT2D eigenvalue weighted by Crippen LogP contribution is -2.06. The van der Waals surface area contributed by atoms with Crippen LogP contribution in [0, 0.1) is 11.6 Å². The number of hydrogen-bond donors (Lipinski definition) is 1. The average molecular weight is 296 g/mol. The van der Waals surface area contributed by atoms with Crippen LogP contribution >= 0.6 is 11.8 Å². The maximum atomic E-state index is 13.5. The number of carbonyl (C=O) groups excluding carboxylic acids is 1. The minimum Gasteiger partial charge on any atom is -0.465 e. The first-order valence-corrected chi connectivity index (χ1v) is 6.29. The van der Waals surface area contributed by atoms with Crippen molar-refractivity contribution in [2.24, 2.45) is 0 Å². The number of rotatable bonds is 3. The molecule has 2 aromatic rings. The molecule has 0 saturated heterocycles. The van der Waals surface area contributed by atoms with Crippen LogP contribution < -0.4 is 5.73 Å². The lowest BCUT2D eigenvalue weighted by molar-refractivity contribution is 0.0601. The highest BCUT2D eigenvalue weighted by Crippen LogP contribution is 2.30. The number of aromatic nitrogens is 1. The number of anilines is 1. The molecule has 0 fully saturated rings. The van der Waals surface area contributed by atoms with Gasteiger partial charge in [0.15, 0.2) is 0 Å². The maximum Gasteiger partial charge on any atom is 0.340 e. The molecule has 2 N–H and O–H groups in total. The highest BCUT2D eigenvalue weighted by atomic mass is 32.2. The van der Waals surface area contributed by atoms with E-state index in [9.17, 15) is 13.6 Å². The molecule has 2 rings (SSSR count). The zero-order chi connectivity index (χ0) is 14.7. The first-order valence-electron chi connectivity index (χ1n) is 5.48. The second-order valence-electron chi connectivity index (χ2n) is 3.78. The zero-order valence-corrected chi connectivity index (χ0v) is 11.2. The van der Waals surface area contributed by atoms with E-state index in [4.69, 9.17) is 5.73 Å². The van der Waals surface area contributed by atoms with Crippen molar-refractivity contribution < 1.29 is 18.3 Å². The van der Waals surface area contributed by atoms with E-state index in [1.165, 1.54) is 25.4 Å². The van der Waals surface area contributed by atoms with E-state index in [1.54, 1.807) is 0 Å². The monoisotopic (exact) mass is 296 g/mol. The van der Waals surface area contributed by atoms with E-state index in [0.29, 0.717) is 5.03 Å². The molecule has 0 unspecified atom stereocenters. The highest BCUT2D eigenvalue weighted by molar-refractivity contribution is 7.99. The topological polar surface area (TPSA) is 65.2 Å². The Morgan fingerprint density at radius 3 is 2.75 bits per heavy atom. The third kappa shape index (κ3) is 3.05. The Labute approximate surface area is 118 Å².